The van der Waals surface area contributed by atoms with Crippen LogP contribution < -0.4 is 5.32 Å². The van der Waals surface area contributed by atoms with Crippen molar-refractivity contribution in [3.05, 3.63) is 158 Å². The average Bonchev–Trinajstić information content (AvgIpc) is 3.49. The lowest BCUT2D eigenvalue weighted by Gasteiger charge is -2.16. The molecule has 0 saturated heterocycles. The van der Waals surface area contributed by atoms with Gasteiger partial charge in [-0.3, -0.25) is 0 Å². The molecule has 0 aliphatic heterocycles. The van der Waals surface area contributed by atoms with E-state index in [9.17, 15) is 0 Å². The van der Waals surface area contributed by atoms with E-state index in [0.717, 1.165) is 50.0 Å². The molecule has 0 saturated carbocycles. The van der Waals surface area contributed by atoms with Gasteiger partial charge in [-0.15, -0.1) is 0 Å². The van der Waals surface area contributed by atoms with Crippen molar-refractivity contribution in [1.82, 2.24) is 0 Å². The van der Waals surface area contributed by atoms with Crippen LogP contribution in [-0.2, 0) is 0 Å². The molecule has 0 aliphatic carbocycles. The first-order valence-corrected chi connectivity index (χ1v) is 15.0. The quantitative estimate of drug-likeness (QED) is 0.231. The van der Waals surface area contributed by atoms with E-state index in [1.54, 1.807) is 0 Å². The molecule has 0 unspecified atom stereocenters. The first kappa shape index (κ1) is 24.7. The number of furan rings is 1. The summed E-state index contributed by atoms with van der Waals surface area (Å²) >= 11 is 0. The van der Waals surface area contributed by atoms with Crippen LogP contribution in [0.15, 0.2) is 162 Å². The first-order chi connectivity index (χ1) is 21.8. The fourth-order valence-corrected chi connectivity index (χ4v) is 6.67. The van der Waals surface area contributed by atoms with Crippen molar-refractivity contribution in [2.45, 2.75) is 0 Å². The third-order valence-corrected chi connectivity index (χ3v) is 8.79. The van der Waals surface area contributed by atoms with E-state index in [1.807, 2.05) is 0 Å². The second-order valence-corrected chi connectivity index (χ2v) is 11.4. The van der Waals surface area contributed by atoms with Gasteiger partial charge in [0.2, 0.25) is 0 Å². The lowest BCUT2D eigenvalue weighted by Crippen LogP contribution is -1.95. The van der Waals surface area contributed by atoms with Crippen LogP contribution >= 0.6 is 0 Å². The third kappa shape index (κ3) is 3.96. The molecule has 0 aliphatic rings. The summed E-state index contributed by atoms with van der Waals surface area (Å²) in [5.41, 5.74) is 8.31. The monoisotopic (exact) mass is 561 g/mol. The molecule has 44 heavy (non-hydrogen) atoms. The Morgan fingerprint density at radius 2 is 1.00 bits per heavy atom. The summed E-state index contributed by atoms with van der Waals surface area (Å²) in [5.74, 6) is 0. The van der Waals surface area contributed by atoms with Gasteiger partial charge in [-0.2, -0.15) is 0 Å². The van der Waals surface area contributed by atoms with Crippen molar-refractivity contribution < 1.29 is 4.42 Å². The minimum atomic E-state index is 0.861. The Hall–Kier alpha value is -5.86. The van der Waals surface area contributed by atoms with Crippen LogP contribution in [0.25, 0.3) is 76.5 Å². The molecule has 2 nitrogen and oxygen atoms in total. The fourth-order valence-electron chi connectivity index (χ4n) is 6.67. The zero-order chi connectivity index (χ0) is 29.0. The minimum Gasteiger partial charge on any atom is -0.453 e. The Labute approximate surface area is 254 Å². The summed E-state index contributed by atoms with van der Waals surface area (Å²) in [4.78, 5) is 0. The number of anilines is 2. The van der Waals surface area contributed by atoms with E-state index < -0.39 is 0 Å². The van der Waals surface area contributed by atoms with Gasteiger partial charge in [-0.25, -0.2) is 0 Å². The van der Waals surface area contributed by atoms with Gasteiger partial charge in [-0.05, 0) is 67.7 Å². The number of nitrogens with one attached hydrogen (secondary N) is 1. The van der Waals surface area contributed by atoms with Gasteiger partial charge in [0.1, 0.15) is 5.58 Å². The van der Waals surface area contributed by atoms with Gasteiger partial charge < -0.3 is 9.73 Å². The highest BCUT2D eigenvalue weighted by Gasteiger charge is 2.19. The first-order valence-electron chi connectivity index (χ1n) is 15.0. The standard InChI is InChI=1S/C42H27NO/c1-2-12-28(13-3-1)35-19-10-20-36-40-34-18-9-8-17-32(34)26-39(42(40)44-41(35)36)43-38-25-31-16-7-6-15-30(31)24-37(38)33-22-21-27-11-4-5-14-29(27)23-33/h1-26,43H. The van der Waals surface area contributed by atoms with Crippen molar-refractivity contribution in [1.29, 1.82) is 0 Å². The van der Waals surface area contributed by atoms with Gasteiger partial charge in [-0.1, -0.05) is 133 Å². The molecule has 9 rings (SSSR count). The lowest BCUT2D eigenvalue weighted by molar-refractivity contribution is 0.671. The van der Waals surface area contributed by atoms with Crippen LogP contribution in [0.4, 0.5) is 11.4 Å². The minimum absolute atomic E-state index is 0.861. The highest BCUT2D eigenvalue weighted by molar-refractivity contribution is 6.24. The van der Waals surface area contributed by atoms with E-state index in [-0.39, 0.29) is 0 Å². The van der Waals surface area contributed by atoms with E-state index in [2.05, 4.69) is 163 Å². The summed E-state index contributed by atoms with van der Waals surface area (Å²) in [7, 11) is 0. The largest absolute Gasteiger partial charge is 0.453 e. The predicted molar refractivity (Wildman–Crippen MR) is 187 cm³/mol. The number of hydrogen-bond donors (Lipinski definition) is 1. The van der Waals surface area contributed by atoms with Gasteiger partial charge >= 0.3 is 0 Å². The van der Waals surface area contributed by atoms with Crippen molar-refractivity contribution in [2.75, 3.05) is 5.32 Å². The van der Waals surface area contributed by atoms with Crippen LogP contribution in [-0.4, -0.2) is 0 Å². The van der Waals surface area contributed by atoms with Crippen LogP contribution in [0, 0.1) is 0 Å². The normalized spacial score (nSPS) is 11.6. The molecule has 206 valence electrons. The molecule has 2 heteroatoms. The maximum absolute atomic E-state index is 6.88. The lowest BCUT2D eigenvalue weighted by atomic mass is 9.96. The van der Waals surface area contributed by atoms with Crippen molar-refractivity contribution in [3.63, 3.8) is 0 Å². The Morgan fingerprint density at radius 3 is 1.82 bits per heavy atom. The summed E-state index contributed by atoms with van der Waals surface area (Å²) in [5, 5.41) is 13.3. The summed E-state index contributed by atoms with van der Waals surface area (Å²) in [6, 6.07) is 56.1. The summed E-state index contributed by atoms with van der Waals surface area (Å²) in [6.45, 7) is 0. The highest BCUT2D eigenvalue weighted by atomic mass is 16.3. The van der Waals surface area contributed by atoms with E-state index in [0.29, 0.717) is 0 Å². The molecule has 0 radical (unpaired) electrons. The molecule has 8 aromatic carbocycles. The molecule has 0 spiro atoms. The maximum Gasteiger partial charge on any atom is 0.159 e. The second kappa shape index (κ2) is 9.86. The highest BCUT2D eigenvalue weighted by Crippen LogP contribution is 2.44. The number of para-hydroxylation sites is 1. The molecular formula is C42H27NO. The summed E-state index contributed by atoms with van der Waals surface area (Å²) < 4.78 is 6.88. The zero-order valence-electron chi connectivity index (χ0n) is 23.9. The number of benzene rings is 8. The molecule has 0 fully saturated rings. The van der Waals surface area contributed by atoms with Crippen LogP contribution in [0.3, 0.4) is 0 Å². The Kier molecular flexibility index (Phi) is 5.54. The average molecular weight is 562 g/mol. The van der Waals surface area contributed by atoms with Gasteiger partial charge in [0.25, 0.3) is 0 Å². The van der Waals surface area contributed by atoms with Gasteiger partial charge in [0.05, 0.1) is 5.69 Å². The van der Waals surface area contributed by atoms with Crippen molar-refractivity contribution in [3.8, 4) is 22.3 Å². The molecule has 0 amide bonds. The maximum atomic E-state index is 6.88. The number of fused-ring (bicyclic) bond motifs is 7. The van der Waals surface area contributed by atoms with E-state index in [4.69, 9.17) is 4.42 Å². The van der Waals surface area contributed by atoms with Crippen molar-refractivity contribution >= 4 is 65.6 Å². The second-order valence-electron chi connectivity index (χ2n) is 11.4. The van der Waals surface area contributed by atoms with Crippen molar-refractivity contribution in [2.24, 2.45) is 0 Å². The Balaban J connectivity index is 1.31. The van der Waals surface area contributed by atoms with Crippen LogP contribution in [0.5, 0.6) is 0 Å². The van der Waals surface area contributed by atoms with Gasteiger partial charge in [0.15, 0.2) is 5.58 Å². The number of rotatable bonds is 4. The molecule has 1 N–H and O–H groups in total. The molecule has 0 atom stereocenters. The SMILES string of the molecule is c1ccc(-c2cccc3c2oc2c(Nc4cc5ccccc5cc4-c4ccc5ccccc5c4)cc4ccccc4c23)cc1. The predicted octanol–water partition coefficient (Wildman–Crippen LogP) is 12.1. The molecule has 1 aromatic heterocycles. The molecular weight excluding hydrogens is 534 g/mol. The molecule has 9 aromatic rings. The number of hydrogen-bond acceptors (Lipinski definition) is 2. The van der Waals surface area contributed by atoms with E-state index in [1.165, 1.54) is 37.9 Å². The fraction of sp³-hybridized carbons (Fsp3) is 0. The van der Waals surface area contributed by atoms with E-state index >= 15 is 0 Å². The topological polar surface area (TPSA) is 25.2 Å². The summed E-state index contributed by atoms with van der Waals surface area (Å²) in [6.07, 6.45) is 0. The Bertz CT molecular complexity index is 2520. The van der Waals surface area contributed by atoms with Gasteiger partial charge in [0, 0.05) is 27.6 Å². The van der Waals surface area contributed by atoms with Crippen LogP contribution in [0.1, 0.15) is 0 Å². The molecule has 0 bridgehead atoms. The third-order valence-electron chi connectivity index (χ3n) is 8.79. The Morgan fingerprint density at radius 1 is 0.364 bits per heavy atom. The van der Waals surface area contributed by atoms with Crippen LogP contribution in [0.2, 0.25) is 0 Å². The molecule has 1 heterocycles. The zero-order valence-corrected chi connectivity index (χ0v) is 23.9. The smallest absolute Gasteiger partial charge is 0.159 e.